The second-order valence-electron chi connectivity index (χ2n) is 28.2. The molecular weight excluding hydrogens is 1260 g/mol. The summed E-state index contributed by atoms with van der Waals surface area (Å²) in [6.45, 7) is 7.27. The van der Waals surface area contributed by atoms with E-state index in [-0.39, 0.29) is 25.7 Å². The molecule has 0 aliphatic rings. The van der Waals surface area contributed by atoms with Crippen LogP contribution in [0.5, 0.6) is 0 Å². The second kappa shape index (κ2) is 70.1. The smallest absolute Gasteiger partial charge is 0.462 e. The van der Waals surface area contributed by atoms with Crippen molar-refractivity contribution < 1.29 is 80.2 Å². The molecule has 96 heavy (non-hydrogen) atoms. The van der Waals surface area contributed by atoms with Crippen LogP contribution in [0.2, 0.25) is 0 Å². The van der Waals surface area contributed by atoms with Crippen LogP contribution in [0.15, 0.2) is 0 Å². The molecule has 0 amide bonds. The summed E-state index contributed by atoms with van der Waals surface area (Å²) in [6, 6.07) is 0. The van der Waals surface area contributed by atoms with Crippen LogP contribution in [0.3, 0.4) is 0 Å². The molecule has 3 N–H and O–H groups in total. The molecule has 17 nitrogen and oxygen atoms in total. The molecule has 0 aromatic rings. The summed E-state index contributed by atoms with van der Waals surface area (Å²) in [7, 11) is -9.91. The van der Waals surface area contributed by atoms with Crippen LogP contribution in [0.1, 0.15) is 407 Å². The maximum atomic E-state index is 13.1. The van der Waals surface area contributed by atoms with E-state index in [1.807, 2.05) is 0 Å². The van der Waals surface area contributed by atoms with Gasteiger partial charge in [-0.1, -0.05) is 356 Å². The van der Waals surface area contributed by atoms with E-state index < -0.39 is 97.5 Å². The molecule has 0 aliphatic heterocycles. The largest absolute Gasteiger partial charge is 0.472 e. The summed E-state index contributed by atoms with van der Waals surface area (Å²) >= 11 is 0. The van der Waals surface area contributed by atoms with Crippen LogP contribution < -0.4 is 0 Å². The van der Waals surface area contributed by atoms with E-state index in [1.54, 1.807) is 0 Å². The van der Waals surface area contributed by atoms with Crippen LogP contribution in [0.25, 0.3) is 0 Å². The van der Waals surface area contributed by atoms with Gasteiger partial charge in [0.2, 0.25) is 0 Å². The molecular formula is C77H150O17P2. The number of carbonyl (C=O) groups excluding carboxylic acids is 4. The Morgan fingerprint density at radius 1 is 0.281 bits per heavy atom. The fraction of sp³-hybridized carbons (Fsp3) is 0.948. The Bertz CT molecular complexity index is 1840. The molecule has 0 rings (SSSR count). The van der Waals surface area contributed by atoms with Crippen LogP contribution >= 0.6 is 15.6 Å². The number of phosphoric ester groups is 2. The van der Waals surface area contributed by atoms with Gasteiger partial charge in [0.25, 0.3) is 0 Å². The van der Waals surface area contributed by atoms with Gasteiger partial charge in [0, 0.05) is 25.7 Å². The maximum absolute atomic E-state index is 13.1. The van der Waals surface area contributed by atoms with Crippen molar-refractivity contribution in [3.05, 3.63) is 0 Å². The number of hydrogen-bond donors (Lipinski definition) is 3. The van der Waals surface area contributed by atoms with Crippen molar-refractivity contribution in [2.75, 3.05) is 39.6 Å². The van der Waals surface area contributed by atoms with E-state index >= 15 is 0 Å². The first-order valence-corrected chi connectivity index (χ1v) is 43.1. The third-order valence-electron chi connectivity index (χ3n) is 18.0. The van der Waals surface area contributed by atoms with E-state index in [1.165, 1.54) is 225 Å². The third-order valence-corrected chi connectivity index (χ3v) is 19.9. The third kappa shape index (κ3) is 70.5. The molecule has 0 saturated carbocycles. The minimum absolute atomic E-state index is 0.106. The molecule has 0 radical (unpaired) electrons. The van der Waals surface area contributed by atoms with Gasteiger partial charge >= 0.3 is 39.5 Å². The number of aliphatic hydroxyl groups is 1. The zero-order valence-corrected chi connectivity index (χ0v) is 64.3. The average molecular weight is 1410 g/mol. The first kappa shape index (κ1) is 94.1. The molecule has 0 bridgehead atoms. The SMILES string of the molecule is CCCCCCCCCCCCCCCCCCCCC(=O)O[C@H](COC(=O)CCCCCCCCCCCCCCCCCCC)COP(=O)(O)OC[C@@H](O)COP(=O)(O)OC[C@@H](COC(=O)CCCCCCCCCC)OC(=O)CCCCCCCCCCCCC(C)C. The van der Waals surface area contributed by atoms with E-state index in [9.17, 15) is 43.2 Å². The molecule has 0 aliphatic carbocycles. The van der Waals surface area contributed by atoms with Crippen molar-refractivity contribution in [3.63, 3.8) is 0 Å². The number of aliphatic hydroxyl groups excluding tert-OH is 1. The first-order valence-electron chi connectivity index (χ1n) is 40.1. The number of esters is 4. The second-order valence-corrected chi connectivity index (χ2v) is 31.1. The van der Waals surface area contributed by atoms with Crippen molar-refractivity contribution in [2.24, 2.45) is 5.92 Å². The highest BCUT2D eigenvalue weighted by molar-refractivity contribution is 7.47. The standard InChI is InChI=1S/C77H150O17P2/c1-6-9-12-15-18-21-23-25-27-29-31-33-35-37-42-47-52-57-62-76(81)94-73(67-88-75(80)61-56-51-46-41-36-34-32-30-28-26-24-22-19-16-13-10-7-2)69-92-96(85,86)90-65-71(78)64-89-95(83,84)91-68-72(66-87-74(79)60-55-50-45-20-17-14-11-8-3)93-77(82)63-58-53-48-43-39-38-40-44-49-54-59-70(4)5/h70-73,78H,6-69H2,1-5H3,(H,83,84)(H,85,86)/t71-,72+,73+/m0/s1. The van der Waals surface area contributed by atoms with Gasteiger partial charge in [-0.15, -0.1) is 0 Å². The lowest BCUT2D eigenvalue weighted by molar-refractivity contribution is -0.161. The number of unbranched alkanes of at least 4 members (excludes halogenated alkanes) is 49. The summed E-state index contributed by atoms with van der Waals surface area (Å²) in [5.41, 5.74) is 0. The summed E-state index contributed by atoms with van der Waals surface area (Å²) < 4.78 is 68.5. The number of hydrogen-bond acceptors (Lipinski definition) is 15. The predicted molar refractivity (Wildman–Crippen MR) is 391 cm³/mol. The Morgan fingerprint density at radius 3 is 0.708 bits per heavy atom. The van der Waals surface area contributed by atoms with Gasteiger partial charge in [-0.3, -0.25) is 37.3 Å². The highest BCUT2D eigenvalue weighted by atomic mass is 31.2. The van der Waals surface area contributed by atoms with Crippen molar-refractivity contribution in [1.29, 1.82) is 0 Å². The average Bonchev–Trinajstić information content (AvgIpc) is 1.23. The highest BCUT2D eigenvalue weighted by Crippen LogP contribution is 2.45. The molecule has 0 spiro atoms. The lowest BCUT2D eigenvalue weighted by Gasteiger charge is -2.21. The van der Waals surface area contributed by atoms with Crippen LogP contribution in [-0.4, -0.2) is 96.7 Å². The molecule has 19 heteroatoms. The van der Waals surface area contributed by atoms with Gasteiger partial charge in [-0.05, 0) is 31.6 Å². The zero-order chi connectivity index (χ0) is 70.5. The fourth-order valence-electron chi connectivity index (χ4n) is 11.9. The fourth-order valence-corrected chi connectivity index (χ4v) is 13.5. The number of rotatable bonds is 77. The quantitative estimate of drug-likeness (QED) is 0.0222. The highest BCUT2D eigenvalue weighted by Gasteiger charge is 2.30. The van der Waals surface area contributed by atoms with Crippen LogP contribution in [0.4, 0.5) is 0 Å². The van der Waals surface area contributed by atoms with Gasteiger partial charge in [-0.2, -0.15) is 0 Å². The minimum Gasteiger partial charge on any atom is -0.462 e. The molecule has 0 aromatic heterocycles. The van der Waals surface area contributed by atoms with Gasteiger partial charge < -0.3 is 33.8 Å². The molecule has 2 unspecified atom stereocenters. The molecule has 0 saturated heterocycles. The lowest BCUT2D eigenvalue weighted by Crippen LogP contribution is -2.30. The van der Waals surface area contributed by atoms with Gasteiger partial charge in [-0.25, -0.2) is 9.13 Å². The van der Waals surface area contributed by atoms with Gasteiger partial charge in [0.05, 0.1) is 26.4 Å². The predicted octanol–water partition coefficient (Wildman–Crippen LogP) is 22.9. The Hall–Kier alpha value is -1.94. The first-order chi connectivity index (χ1) is 46.5. The number of ether oxygens (including phenoxy) is 4. The lowest BCUT2D eigenvalue weighted by atomic mass is 10.0. The van der Waals surface area contributed by atoms with Gasteiger partial charge in [0.15, 0.2) is 12.2 Å². The number of carbonyl (C=O) groups is 4. The Morgan fingerprint density at radius 2 is 0.479 bits per heavy atom. The molecule has 570 valence electrons. The van der Waals surface area contributed by atoms with E-state index in [0.29, 0.717) is 25.7 Å². The molecule has 5 atom stereocenters. The normalized spacial score (nSPS) is 13.9. The van der Waals surface area contributed by atoms with Crippen LogP contribution in [0, 0.1) is 5.92 Å². The van der Waals surface area contributed by atoms with Crippen molar-refractivity contribution in [3.8, 4) is 0 Å². The van der Waals surface area contributed by atoms with E-state index in [4.69, 9.17) is 37.0 Å². The Balaban J connectivity index is 5.21. The summed E-state index contributed by atoms with van der Waals surface area (Å²) in [5.74, 6) is -1.36. The molecule has 0 fully saturated rings. The van der Waals surface area contributed by atoms with Crippen molar-refractivity contribution in [1.82, 2.24) is 0 Å². The van der Waals surface area contributed by atoms with E-state index in [0.717, 1.165) is 102 Å². The topological polar surface area (TPSA) is 237 Å². The van der Waals surface area contributed by atoms with Crippen molar-refractivity contribution in [2.45, 2.75) is 425 Å². The van der Waals surface area contributed by atoms with Gasteiger partial charge in [0.1, 0.15) is 19.3 Å². The number of phosphoric acid groups is 2. The monoisotopic (exact) mass is 1410 g/mol. The van der Waals surface area contributed by atoms with E-state index in [2.05, 4.69) is 34.6 Å². The zero-order valence-electron chi connectivity index (χ0n) is 62.5. The van der Waals surface area contributed by atoms with Crippen molar-refractivity contribution >= 4 is 39.5 Å². The Labute approximate surface area is 588 Å². The summed E-state index contributed by atoms with van der Waals surface area (Å²) in [5, 5.41) is 10.6. The molecule has 0 aromatic carbocycles. The maximum Gasteiger partial charge on any atom is 0.472 e. The van der Waals surface area contributed by atoms with Crippen LogP contribution in [-0.2, 0) is 65.4 Å². The Kier molecular flexibility index (Phi) is 68.7. The minimum atomic E-state index is -4.96. The summed E-state index contributed by atoms with van der Waals surface area (Å²) in [4.78, 5) is 72.8. The summed E-state index contributed by atoms with van der Waals surface area (Å²) in [6.07, 6.45) is 59.7. The molecule has 0 heterocycles.